The summed E-state index contributed by atoms with van der Waals surface area (Å²) in [4.78, 5) is 15.5. The molecule has 0 aliphatic carbocycles. The van der Waals surface area contributed by atoms with Gasteiger partial charge in [-0.2, -0.15) is 5.26 Å². The average Bonchev–Trinajstić information content (AvgIpc) is 2.80. The van der Waals surface area contributed by atoms with Crippen molar-refractivity contribution in [1.82, 2.24) is 4.98 Å². The summed E-state index contributed by atoms with van der Waals surface area (Å²) in [5.41, 5.74) is 4.11. The lowest BCUT2D eigenvalue weighted by atomic mass is 10.0. The van der Waals surface area contributed by atoms with Gasteiger partial charge in [0.25, 0.3) is 0 Å². The molecule has 1 aromatic heterocycles. The largest absolute Gasteiger partial charge is 0.495 e. The van der Waals surface area contributed by atoms with E-state index in [0.29, 0.717) is 43.9 Å². The maximum absolute atomic E-state index is 10.9. The molecular weight excluding hydrogens is 433 g/mol. The summed E-state index contributed by atoms with van der Waals surface area (Å²) in [6.45, 7) is 0. The molecule has 0 amide bonds. The summed E-state index contributed by atoms with van der Waals surface area (Å²) >= 11 is 12.4. The van der Waals surface area contributed by atoms with Crippen LogP contribution in [-0.4, -0.2) is 18.4 Å². The van der Waals surface area contributed by atoms with Gasteiger partial charge in [-0.1, -0.05) is 59.6 Å². The Bertz CT molecular complexity index is 1350. The van der Waals surface area contributed by atoms with E-state index in [1.54, 1.807) is 30.3 Å². The van der Waals surface area contributed by atoms with E-state index in [-0.39, 0.29) is 0 Å². The lowest BCUT2D eigenvalue weighted by Crippen LogP contribution is -1.99. The highest BCUT2D eigenvalue weighted by Crippen LogP contribution is 2.36. The van der Waals surface area contributed by atoms with E-state index < -0.39 is 0 Å². The summed E-state index contributed by atoms with van der Waals surface area (Å²) in [6, 6.07) is 20.3. The Balaban J connectivity index is 1.78. The molecule has 0 radical (unpaired) electrons. The second kappa shape index (κ2) is 8.65. The smallest absolute Gasteiger partial charge is 0.150 e. The molecule has 152 valence electrons. The number of nitrogens with zero attached hydrogens (tertiary/aromatic N) is 2. The number of nitriles is 1. The van der Waals surface area contributed by atoms with Crippen LogP contribution >= 0.6 is 23.2 Å². The first kappa shape index (κ1) is 20.7. The second-order valence-corrected chi connectivity index (χ2v) is 7.55. The third-order valence-corrected chi connectivity index (χ3v) is 5.42. The number of fused-ring (bicyclic) bond motifs is 1. The van der Waals surface area contributed by atoms with Gasteiger partial charge in [-0.25, -0.2) is 4.98 Å². The van der Waals surface area contributed by atoms with Crippen LogP contribution in [-0.2, 0) is 0 Å². The number of rotatable bonds is 5. The van der Waals surface area contributed by atoms with Crippen LogP contribution < -0.4 is 10.1 Å². The number of hydrogen-bond donors (Lipinski definition) is 1. The fraction of sp³-hybridized carbons (Fsp3) is 0.0417. The molecule has 1 heterocycles. The lowest BCUT2D eigenvalue weighted by molar-refractivity contribution is 0.112. The SMILES string of the molecule is COc1cc(Nc2nc3cc(-c4ccc(C=O)cc4)ccc3cc2C#N)c(Cl)cc1Cl. The number of carbonyl (C=O) groups is 1. The first-order valence-corrected chi connectivity index (χ1v) is 9.98. The van der Waals surface area contributed by atoms with Gasteiger partial charge in [0.2, 0.25) is 0 Å². The van der Waals surface area contributed by atoms with Crippen LogP contribution in [0.4, 0.5) is 11.5 Å². The summed E-state index contributed by atoms with van der Waals surface area (Å²) in [5.74, 6) is 0.823. The first-order chi connectivity index (χ1) is 15.0. The second-order valence-electron chi connectivity index (χ2n) is 6.74. The molecule has 0 saturated heterocycles. The van der Waals surface area contributed by atoms with Gasteiger partial charge in [0.15, 0.2) is 0 Å². The average molecular weight is 448 g/mol. The Morgan fingerprint density at radius 2 is 1.74 bits per heavy atom. The fourth-order valence-electron chi connectivity index (χ4n) is 3.19. The molecule has 0 unspecified atom stereocenters. The minimum absolute atomic E-state index is 0.370. The molecule has 0 spiro atoms. The number of hydrogen-bond acceptors (Lipinski definition) is 5. The van der Waals surface area contributed by atoms with Gasteiger partial charge in [-0.05, 0) is 29.3 Å². The lowest BCUT2D eigenvalue weighted by Gasteiger charge is -2.13. The molecule has 1 N–H and O–H groups in total. The highest BCUT2D eigenvalue weighted by molar-refractivity contribution is 6.37. The zero-order valence-electron chi connectivity index (χ0n) is 16.3. The highest BCUT2D eigenvalue weighted by atomic mass is 35.5. The summed E-state index contributed by atoms with van der Waals surface area (Å²) in [5, 5.41) is 14.3. The molecule has 0 aliphatic heterocycles. The molecule has 0 atom stereocenters. The topological polar surface area (TPSA) is 75.0 Å². The molecule has 5 nitrogen and oxygen atoms in total. The van der Waals surface area contributed by atoms with Crippen molar-refractivity contribution in [1.29, 1.82) is 5.26 Å². The van der Waals surface area contributed by atoms with Gasteiger partial charge < -0.3 is 10.1 Å². The quantitative estimate of drug-likeness (QED) is 0.346. The number of ether oxygens (including phenoxy) is 1. The minimum Gasteiger partial charge on any atom is -0.495 e. The van der Waals surface area contributed by atoms with Crippen LogP contribution in [0.2, 0.25) is 10.0 Å². The fourth-order valence-corrected chi connectivity index (χ4v) is 3.70. The third kappa shape index (κ3) is 4.17. The number of halogens is 2. The maximum Gasteiger partial charge on any atom is 0.150 e. The van der Waals surface area contributed by atoms with Crippen molar-refractivity contribution in [2.24, 2.45) is 0 Å². The maximum atomic E-state index is 10.9. The normalized spacial score (nSPS) is 10.5. The van der Waals surface area contributed by atoms with Crippen LogP contribution in [0, 0.1) is 11.3 Å². The van der Waals surface area contributed by atoms with Gasteiger partial charge in [0, 0.05) is 17.0 Å². The number of anilines is 2. The number of nitrogens with one attached hydrogen (secondary N) is 1. The summed E-state index contributed by atoms with van der Waals surface area (Å²) < 4.78 is 5.25. The monoisotopic (exact) mass is 447 g/mol. The molecule has 0 saturated carbocycles. The van der Waals surface area contributed by atoms with Crippen LogP contribution in [0.3, 0.4) is 0 Å². The third-order valence-electron chi connectivity index (χ3n) is 4.81. The predicted molar refractivity (Wildman–Crippen MR) is 124 cm³/mol. The van der Waals surface area contributed by atoms with Gasteiger partial charge in [-0.15, -0.1) is 0 Å². The molecule has 0 aliphatic rings. The molecule has 31 heavy (non-hydrogen) atoms. The van der Waals surface area contributed by atoms with E-state index in [1.807, 2.05) is 30.3 Å². The summed E-state index contributed by atoms with van der Waals surface area (Å²) in [7, 11) is 1.51. The van der Waals surface area contributed by atoms with Crippen molar-refractivity contribution in [2.45, 2.75) is 0 Å². The van der Waals surface area contributed by atoms with E-state index >= 15 is 0 Å². The Morgan fingerprint density at radius 3 is 2.42 bits per heavy atom. The molecule has 4 aromatic rings. The highest BCUT2D eigenvalue weighted by Gasteiger charge is 2.13. The Hall–Kier alpha value is -3.59. The van der Waals surface area contributed by atoms with E-state index in [0.717, 1.165) is 22.8 Å². The van der Waals surface area contributed by atoms with E-state index in [1.165, 1.54) is 7.11 Å². The first-order valence-electron chi connectivity index (χ1n) is 9.23. The van der Waals surface area contributed by atoms with Crippen molar-refractivity contribution in [3.63, 3.8) is 0 Å². The van der Waals surface area contributed by atoms with Gasteiger partial charge >= 0.3 is 0 Å². The summed E-state index contributed by atoms with van der Waals surface area (Å²) in [6.07, 6.45) is 0.810. The van der Waals surface area contributed by atoms with Gasteiger partial charge in [-0.3, -0.25) is 4.79 Å². The number of methoxy groups -OCH3 is 1. The Morgan fingerprint density at radius 1 is 1.00 bits per heavy atom. The van der Waals surface area contributed by atoms with Crippen molar-refractivity contribution in [3.05, 3.63) is 81.8 Å². The van der Waals surface area contributed by atoms with Crippen molar-refractivity contribution >= 4 is 51.9 Å². The Kier molecular flexibility index (Phi) is 5.77. The number of aldehydes is 1. The Labute approximate surface area is 188 Å². The van der Waals surface area contributed by atoms with Crippen molar-refractivity contribution < 1.29 is 9.53 Å². The zero-order valence-corrected chi connectivity index (χ0v) is 17.8. The van der Waals surface area contributed by atoms with Crippen LogP contribution in [0.15, 0.2) is 60.7 Å². The van der Waals surface area contributed by atoms with Crippen molar-refractivity contribution in [3.8, 4) is 22.9 Å². The standard InChI is InChI=1S/C24H15Cl2N3O2/c1-31-23-11-22(19(25)10-20(23)26)29-24-18(12-27)8-17-7-6-16(9-21(17)28-24)15-4-2-14(13-30)3-5-15/h2-11,13H,1H3,(H,28,29). The molecule has 3 aromatic carbocycles. The van der Waals surface area contributed by atoms with Gasteiger partial charge in [0.1, 0.15) is 23.9 Å². The van der Waals surface area contributed by atoms with Gasteiger partial charge in [0.05, 0.1) is 33.9 Å². The molecular formula is C24H15Cl2N3O2. The predicted octanol–water partition coefficient (Wildman–Crippen LogP) is 6.64. The number of benzene rings is 3. The molecule has 0 bridgehead atoms. The van der Waals surface area contributed by atoms with Crippen LogP contribution in [0.5, 0.6) is 5.75 Å². The van der Waals surface area contributed by atoms with Crippen molar-refractivity contribution in [2.75, 3.05) is 12.4 Å². The van der Waals surface area contributed by atoms with E-state index in [4.69, 9.17) is 27.9 Å². The number of carbonyl (C=O) groups excluding carboxylic acids is 1. The molecule has 7 heteroatoms. The van der Waals surface area contributed by atoms with E-state index in [9.17, 15) is 10.1 Å². The number of aromatic nitrogens is 1. The van der Waals surface area contributed by atoms with Crippen LogP contribution in [0.1, 0.15) is 15.9 Å². The molecule has 0 fully saturated rings. The zero-order chi connectivity index (χ0) is 22.0. The van der Waals surface area contributed by atoms with Crippen LogP contribution in [0.25, 0.3) is 22.0 Å². The van der Waals surface area contributed by atoms with E-state index in [2.05, 4.69) is 16.4 Å². The minimum atomic E-state index is 0.370. The number of pyridine rings is 1. The molecule has 4 rings (SSSR count).